The van der Waals surface area contributed by atoms with Crippen molar-refractivity contribution < 1.29 is 17.5 Å². The molecule has 0 bridgehead atoms. The third-order valence-corrected chi connectivity index (χ3v) is 3.94. The Morgan fingerprint density at radius 1 is 1.18 bits per heavy atom. The Hall–Kier alpha value is -2.08. The highest BCUT2D eigenvalue weighted by atomic mass is 32.2. The summed E-state index contributed by atoms with van der Waals surface area (Å²) in [5.41, 5.74) is 1.77. The van der Waals surface area contributed by atoms with Crippen molar-refractivity contribution in [2.24, 2.45) is 0 Å². The maximum atomic E-state index is 13.9. The lowest BCUT2D eigenvalue weighted by atomic mass is 10.2. The highest BCUT2D eigenvalue weighted by Crippen LogP contribution is 2.18. The van der Waals surface area contributed by atoms with Crippen molar-refractivity contribution in [2.45, 2.75) is 12.3 Å². The fourth-order valence-electron chi connectivity index (χ4n) is 2.04. The number of methoxy groups -OCH3 is 1. The number of halogens is 1. The molecule has 1 N–H and O–H groups in total. The van der Waals surface area contributed by atoms with Crippen LogP contribution < -0.4 is 10.1 Å². The highest BCUT2D eigenvalue weighted by Gasteiger charge is 2.10. The molecular weight excluding hydrogens is 305 g/mol. The van der Waals surface area contributed by atoms with Gasteiger partial charge in [0.15, 0.2) is 9.84 Å². The third-order valence-electron chi connectivity index (χ3n) is 3.10. The van der Waals surface area contributed by atoms with Crippen LogP contribution in [0.2, 0.25) is 0 Å². The van der Waals surface area contributed by atoms with Crippen LogP contribution in [0, 0.1) is 5.82 Å². The summed E-state index contributed by atoms with van der Waals surface area (Å²) < 4.78 is 41.5. The molecule has 0 spiro atoms. The minimum Gasteiger partial charge on any atom is -0.497 e. The van der Waals surface area contributed by atoms with Gasteiger partial charge < -0.3 is 10.1 Å². The molecule has 0 amide bonds. The molecule has 0 radical (unpaired) electrons. The Morgan fingerprint density at radius 3 is 2.59 bits per heavy atom. The molecule has 0 heterocycles. The first-order chi connectivity index (χ1) is 10.4. The van der Waals surface area contributed by atoms with Gasteiger partial charge in [0.05, 0.1) is 12.9 Å². The van der Waals surface area contributed by atoms with Crippen molar-refractivity contribution in [1.29, 1.82) is 0 Å². The first-order valence-electron chi connectivity index (χ1n) is 6.70. The molecule has 118 valence electrons. The van der Waals surface area contributed by atoms with Crippen LogP contribution in [0.1, 0.15) is 11.1 Å². The molecule has 2 aromatic carbocycles. The molecule has 0 saturated carbocycles. The monoisotopic (exact) mass is 323 g/mol. The van der Waals surface area contributed by atoms with E-state index in [1.165, 1.54) is 12.1 Å². The lowest BCUT2D eigenvalue weighted by molar-refractivity contribution is 0.414. The van der Waals surface area contributed by atoms with Crippen LogP contribution in [0.5, 0.6) is 5.75 Å². The predicted molar refractivity (Wildman–Crippen MR) is 85.3 cm³/mol. The van der Waals surface area contributed by atoms with Gasteiger partial charge in [0.1, 0.15) is 11.6 Å². The smallest absolute Gasteiger partial charge is 0.151 e. The predicted octanol–water partition coefficient (Wildman–Crippen LogP) is 2.99. The molecule has 2 aromatic rings. The topological polar surface area (TPSA) is 55.4 Å². The Bertz CT molecular complexity index is 760. The van der Waals surface area contributed by atoms with Gasteiger partial charge in [-0.3, -0.25) is 0 Å². The maximum absolute atomic E-state index is 13.9. The lowest BCUT2D eigenvalue weighted by Crippen LogP contribution is -2.04. The van der Waals surface area contributed by atoms with Crippen LogP contribution in [-0.2, 0) is 22.1 Å². The summed E-state index contributed by atoms with van der Waals surface area (Å²) in [6.45, 7) is 0.516. The second kappa shape index (κ2) is 6.79. The first-order valence-corrected chi connectivity index (χ1v) is 8.76. The Balaban J connectivity index is 2.06. The maximum Gasteiger partial charge on any atom is 0.151 e. The average Bonchev–Trinajstić information content (AvgIpc) is 2.46. The molecule has 0 aliphatic carbocycles. The summed E-state index contributed by atoms with van der Waals surface area (Å²) in [7, 11) is -1.65. The number of anilines is 1. The molecule has 22 heavy (non-hydrogen) atoms. The number of ether oxygens (including phenoxy) is 1. The highest BCUT2D eigenvalue weighted by molar-refractivity contribution is 7.89. The number of benzene rings is 2. The third kappa shape index (κ3) is 4.73. The minimum absolute atomic E-state index is 0.175. The molecule has 0 aliphatic heterocycles. The fraction of sp³-hybridized carbons (Fsp3) is 0.250. The van der Waals surface area contributed by atoms with E-state index in [0.717, 1.165) is 17.6 Å². The van der Waals surface area contributed by atoms with Gasteiger partial charge in [0.25, 0.3) is 0 Å². The first kappa shape index (κ1) is 16.3. The van der Waals surface area contributed by atoms with E-state index in [1.807, 2.05) is 24.3 Å². The van der Waals surface area contributed by atoms with Crippen molar-refractivity contribution in [1.82, 2.24) is 0 Å². The summed E-state index contributed by atoms with van der Waals surface area (Å²) in [5.74, 6) is -0.0651. The van der Waals surface area contributed by atoms with Gasteiger partial charge in [-0.05, 0) is 29.8 Å². The van der Waals surface area contributed by atoms with E-state index in [-0.39, 0.29) is 11.3 Å². The zero-order valence-electron chi connectivity index (χ0n) is 12.5. The molecule has 0 aliphatic rings. The van der Waals surface area contributed by atoms with Gasteiger partial charge in [-0.1, -0.05) is 18.2 Å². The zero-order valence-corrected chi connectivity index (χ0v) is 13.3. The van der Waals surface area contributed by atoms with E-state index >= 15 is 0 Å². The van der Waals surface area contributed by atoms with E-state index in [4.69, 9.17) is 4.74 Å². The second-order valence-electron chi connectivity index (χ2n) is 5.08. The largest absolute Gasteiger partial charge is 0.497 e. The van der Waals surface area contributed by atoms with Gasteiger partial charge in [-0.25, -0.2) is 12.8 Å². The van der Waals surface area contributed by atoms with E-state index in [1.54, 1.807) is 13.2 Å². The summed E-state index contributed by atoms with van der Waals surface area (Å²) in [6.07, 6.45) is 1.08. The van der Waals surface area contributed by atoms with E-state index < -0.39 is 15.7 Å². The number of sulfone groups is 1. The van der Waals surface area contributed by atoms with Gasteiger partial charge in [-0.2, -0.15) is 0 Å². The molecule has 0 unspecified atom stereocenters. The van der Waals surface area contributed by atoms with Gasteiger partial charge in [-0.15, -0.1) is 0 Å². The zero-order chi connectivity index (χ0) is 16.2. The molecule has 0 saturated heterocycles. The van der Waals surface area contributed by atoms with Gasteiger partial charge in [0, 0.05) is 24.1 Å². The molecule has 0 aromatic heterocycles. The molecule has 0 atom stereocenters. The molecule has 6 heteroatoms. The van der Waals surface area contributed by atoms with Crippen molar-refractivity contribution in [3.63, 3.8) is 0 Å². The summed E-state index contributed by atoms with van der Waals surface area (Å²) >= 11 is 0. The van der Waals surface area contributed by atoms with Crippen molar-refractivity contribution in [3.05, 3.63) is 59.4 Å². The molecule has 2 rings (SSSR count). The van der Waals surface area contributed by atoms with Crippen LogP contribution in [0.3, 0.4) is 0 Å². The second-order valence-corrected chi connectivity index (χ2v) is 7.22. The summed E-state index contributed by atoms with van der Waals surface area (Å²) in [6, 6.07) is 12.0. The van der Waals surface area contributed by atoms with Gasteiger partial charge >= 0.3 is 0 Å². The Kier molecular flexibility index (Phi) is 5.03. The number of rotatable bonds is 6. The summed E-state index contributed by atoms with van der Waals surface area (Å²) in [4.78, 5) is 0. The minimum atomic E-state index is -3.25. The Morgan fingerprint density at radius 2 is 1.95 bits per heavy atom. The lowest BCUT2D eigenvalue weighted by Gasteiger charge is -2.09. The molecule has 0 fully saturated rings. The quantitative estimate of drug-likeness (QED) is 0.888. The van der Waals surface area contributed by atoms with Crippen LogP contribution in [0.4, 0.5) is 10.1 Å². The van der Waals surface area contributed by atoms with Crippen molar-refractivity contribution >= 4 is 15.5 Å². The average molecular weight is 323 g/mol. The van der Waals surface area contributed by atoms with Crippen molar-refractivity contribution in [3.8, 4) is 5.75 Å². The number of hydrogen-bond donors (Lipinski definition) is 1. The van der Waals surface area contributed by atoms with Crippen molar-refractivity contribution in [2.75, 3.05) is 18.7 Å². The van der Waals surface area contributed by atoms with E-state index in [0.29, 0.717) is 12.2 Å². The van der Waals surface area contributed by atoms with Crippen LogP contribution in [0.25, 0.3) is 0 Å². The number of hydrogen-bond acceptors (Lipinski definition) is 4. The number of nitrogens with one attached hydrogen (secondary N) is 1. The van der Waals surface area contributed by atoms with Crippen LogP contribution in [0.15, 0.2) is 42.5 Å². The normalized spacial score (nSPS) is 11.2. The fourth-order valence-corrected chi connectivity index (χ4v) is 2.84. The van der Waals surface area contributed by atoms with E-state index in [9.17, 15) is 12.8 Å². The SMILES string of the molecule is COc1cccc(CNc2ccc(CS(C)(=O)=O)c(F)c2)c1. The van der Waals surface area contributed by atoms with E-state index in [2.05, 4.69) is 5.32 Å². The Labute approximate surface area is 129 Å². The van der Waals surface area contributed by atoms with Crippen LogP contribution in [-0.4, -0.2) is 21.8 Å². The van der Waals surface area contributed by atoms with Gasteiger partial charge in [0.2, 0.25) is 0 Å². The standard InChI is InChI=1S/C16H18FNO3S/c1-21-15-5-3-4-12(8-15)10-18-14-7-6-13(16(17)9-14)11-22(2,19)20/h3-9,18H,10-11H2,1-2H3. The molecule has 4 nitrogen and oxygen atoms in total. The summed E-state index contributed by atoms with van der Waals surface area (Å²) in [5, 5.41) is 3.10. The molecular formula is C16H18FNO3S. The van der Waals surface area contributed by atoms with Crippen LogP contribution >= 0.6 is 0 Å².